The fourth-order valence-corrected chi connectivity index (χ4v) is 3.43. The summed E-state index contributed by atoms with van der Waals surface area (Å²) in [4.78, 5) is 14.3. The van der Waals surface area contributed by atoms with Gasteiger partial charge in [-0.05, 0) is 44.8 Å². The molecule has 2 saturated heterocycles. The van der Waals surface area contributed by atoms with Crippen molar-refractivity contribution in [3.8, 4) is 0 Å². The number of nitrogens with zero attached hydrogens (tertiary/aromatic N) is 1. The SMILES string of the molecule is CC1CCN(CCCNC(=O)C2CSCN2)CC1. The van der Waals surface area contributed by atoms with Crippen LogP contribution in [0.3, 0.4) is 0 Å². The van der Waals surface area contributed by atoms with Crippen LogP contribution < -0.4 is 10.6 Å². The molecule has 2 N–H and O–H groups in total. The summed E-state index contributed by atoms with van der Waals surface area (Å²) in [6.45, 7) is 6.74. The van der Waals surface area contributed by atoms with Crippen LogP contribution in [0.2, 0.25) is 0 Å². The summed E-state index contributed by atoms with van der Waals surface area (Å²) in [7, 11) is 0. The number of carbonyl (C=O) groups excluding carboxylic acids is 1. The fourth-order valence-electron chi connectivity index (χ4n) is 2.49. The molecule has 2 aliphatic rings. The highest BCUT2D eigenvalue weighted by molar-refractivity contribution is 7.99. The Morgan fingerprint density at radius 2 is 2.22 bits per heavy atom. The second kappa shape index (κ2) is 7.36. The van der Waals surface area contributed by atoms with Crippen molar-refractivity contribution in [1.29, 1.82) is 0 Å². The third kappa shape index (κ3) is 4.44. The van der Waals surface area contributed by atoms with Crippen molar-refractivity contribution in [1.82, 2.24) is 15.5 Å². The third-order valence-electron chi connectivity index (χ3n) is 3.86. The van der Waals surface area contributed by atoms with Crippen LogP contribution in [0, 0.1) is 5.92 Å². The molecule has 2 heterocycles. The minimum Gasteiger partial charge on any atom is -0.355 e. The van der Waals surface area contributed by atoms with E-state index in [1.54, 1.807) is 11.8 Å². The first-order chi connectivity index (χ1) is 8.75. The van der Waals surface area contributed by atoms with Crippen molar-refractivity contribution in [2.75, 3.05) is 37.8 Å². The molecule has 0 spiro atoms. The van der Waals surface area contributed by atoms with Crippen LogP contribution in [-0.2, 0) is 4.79 Å². The van der Waals surface area contributed by atoms with Crippen LogP contribution in [0.4, 0.5) is 0 Å². The van der Waals surface area contributed by atoms with E-state index in [-0.39, 0.29) is 11.9 Å². The molecule has 2 aliphatic heterocycles. The zero-order valence-corrected chi connectivity index (χ0v) is 12.1. The molecule has 0 bridgehead atoms. The van der Waals surface area contributed by atoms with Gasteiger partial charge in [0.15, 0.2) is 0 Å². The molecule has 1 unspecified atom stereocenters. The lowest BCUT2D eigenvalue weighted by atomic mass is 9.99. The van der Waals surface area contributed by atoms with Gasteiger partial charge in [0.05, 0.1) is 6.04 Å². The molecular weight excluding hydrogens is 246 g/mol. The number of piperidine rings is 1. The first-order valence-corrected chi connectivity index (χ1v) is 8.22. The van der Waals surface area contributed by atoms with Gasteiger partial charge >= 0.3 is 0 Å². The lowest BCUT2D eigenvalue weighted by molar-refractivity contribution is -0.122. The van der Waals surface area contributed by atoms with Gasteiger partial charge in [-0.3, -0.25) is 10.1 Å². The Labute approximate surface area is 114 Å². The third-order valence-corrected chi connectivity index (χ3v) is 4.80. The van der Waals surface area contributed by atoms with Crippen molar-refractivity contribution >= 4 is 17.7 Å². The number of hydrogen-bond acceptors (Lipinski definition) is 4. The van der Waals surface area contributed by atoms with Gasteiger partial charge in [-0.15, -0.1) is 11.8 Å². The minimum absolute atomic E-state index is 0.0332. The number of hydrogen-bond donors (Lipinski definition) is 2. The lowest BCUT2D eigenvalue weighted by Gasteiger charge is -2.30. The molecule has 104 valence electrons. The second-order valence-corrected chi connectivity index (χ2v) is 6.47. The van der Waals surface area contributed by atoms with Gasteiger partial charge in [0, 0.05) is 18.2 Å². The van der Waals surface area contributed by atoms with Crippen molar-refractivity contribution in [2.24, 2.45) is 5.92 Å². The number of rotatable bonds is 5. The summed E-state index contributed by atoms with van der Waals surface area (Å²) >= 11 is 1.79. The van der Waals surface area contributed by atoms with Crippen molar-refractivity contribution in [3.63, 3.8) is 0 Å². The normalized spacial score (nSPS) is 26.4. The Bertz CT molecular complexity index is 261. The van der Waals surface area contributed by atoms with Crippen LogP contribution >= 0.6 is 11.8 Å². The highest BCUT2D eigenvalue weighted by atomic mass is 32.2. The van der Waals surface area contributed by atoms with Gasteiger partial charge in [0.25, 0.3) is 0 Å². The average Bonchev–Trinajstić information content (AvgIpc) is 2.90. The Morgan fingerprint density at radius 3 is 2.89 bits per heavy atom. The summed E-state index contributed by atoms with van der Waals surface area (Å²) in [5, 5.41) is 6.22. The molecule has 18 heavy (non-hydrogen) atoms. The van der Waals surface area contributed by atoms with E-state index in [4.69, 9.17) is 0 Å². The number of nitrogens with one attached hydrogen (secondary N) is 2. The van der Waals surface area contributed by atoms with E-state index < -0.39 is 0 Å². The Balaban J connectivity index is 1.51. The molecule has 0 aromatic rings. The largest absolute Gasteiger partial charge is 0.355 e. The van der Waals surface area contributed by atoms with Gasteiger partial charge in [0.1, 0.15) is 0 Å². The lowest BCUT2D eigenvalue weighted by Crippen LogP contribution is -2.43. The van der Waals surface area contributed by atoms with E-state index in [1.165, 1.54) is 25.9 Å². The predicted molar refractivity (Wildman–Crippen MR) is 76.7 cm³/mol. The smallest absolute Gasteiger partial charge is 0.238 e. The summed E-state index contributed by atoms with van der Waals surface area (Å²) < 4.78 is 0. The molecule has 0 aromatic carbocycles. The number of amides is 1. The molecule has 0 aromatic heterocycles. The first kappa shape index (κ1) is 14.2. The quantitative estimate of drug-likeness (QED) is 0.729. The summed E-state index contributed by atoms with van der Waals surface area (Å²) in [5.74, 6) is 2.89. The zero-order valence-electron chi connectivity index (χ0n) is 11.3. The van der Waals surface area contributed by atoms with E-state index in [9.17, 15) is 4.79 Å². The first-order valence-electron chi connectivity index (χ1n) is 7.07. The van der Waals surface area contributed by atoms with Gasteiger partial charge in [0.2, 0.25) is 5.91 Å². The maximum Gasteiger partial charge on any atom is 0.238 e. The van der Waals surface area contributed by atoms with E-state index in [0.29, 0.717) is 0 Å². The molecule has 2 fully saturated rings. The summed E-state index contributed by atoms with van der Waals surface area (Å²) in [6.07, 6.45) is 3.73. The molecule has 4 nitrogen and oxygen atoms in total. The van der Waals surface area contributed by atoms with E-state index in [0.717, 1.165) is 37.1 Å². The van der Waals surface area contributed by atoms with Gasteiger partial charge < -0.3 is 10.2 Å². The minimum atomic E-state index is 0.0332. The van der Waals surface area contributed by atoms with E-state index in [2.05, 4.69) is 22.5 Å². The molecule has 0 radical (unpaired) electrons. The molecule has 2 rings (SSSR count). The summed E-state index contributed by atoms with van der Waals surface area (Å²) in [5.41, 5.74) is 0. The van der Waals surface area contributed by atoms with E-state index >= 15 is 0 Å². The van der Waals surface area contributed by atoms with Crippen molar-refractivity contribution in [2.45, 2.75) is 32.2 Å². The van der Waals surface area contributed by atoms with Crippen molar-refractivity contribution in [3.05, 3.63) is 0 Å². The standard InChI is InChI=1S/C13H25N3OS/c1-11-3-7-16(8-4-11)6-2-5-14-13(17)12-9-18-10-15-12/h11-12,15H,2-10H2,1H3,(H,14,17). The van der Waals surface area contributed by atoms with E-state index in [1.807, 2.05) is 0 Å². The Morgan fingerprint density at radius 1 is 1.44 bits per heavy atom. The number of carbonyl (C=O) groups is 1. The Hall–Kier alpha value is -0.260. The van der Waals surface area contributed by atoms with Crippen LogP contribution in [0.15, 0.2) is 0 Å². The molecule has 0 aliphatic carbocycles. The maximum absolute atomic E-state index is 11.7. The van der Waals surface area contributed by atoms with Crippen LogP contribution in [0.5, 0.6) is 0 Å². The molecule has 0 saturated carbocycles. The highest BCUT2D eigenvalue weighted by Crippen LogP contribution is 2.15. The van der Waals surface area contributed by atoms with Crippen molar-refractivity contribution < 1.29 is 4.79 Å². The van der Waals surface area contributed by atoms with Gasteiger partial charge in [-0.2, -0.15) is 0 Å². The summed E-state index contributed by atoms with van der Waals surface area (Å²) in [6, 6.07) is 0.0332. The fraction of sp³-hybridized carbons (Fsp3) is 0.923. The molecular formula is C13H25N3OS. The topological polar surface area (TPSA) is 44.4 Å². The highest BCUT2D eigenvalue weighted by Gasteiger charge is 2.21. The predicted octanol–water partition coefficient (Wildman–Crippen LogP) is 0.887. The van der Waals surface area contributed by atoms with Crippen LogP contribution in [-0.4, -0.2) is 54.7 Å². The number of thioether (sulfide) groups is 1. The zero-order chi connectivity index (χ0) is 12.8. The number of likely N-dealkylation sites (tertiary alicyclic amines) is 1. The average molecular weight is 271 g/mol. The molecule has 1 atom stereocenters. The van der Waals surface area contributed by atoms with Gasteiger partial charge in [-0.25, -0.2) is 0 Å². The molecule has 1 amide bonds. The van der Waals surface area contributed by atoms with Gasteiger partial charge in [-0.1, -0.05) is 6.92 Å². The second-order valence-electron chi connectivity index (χ2n) is 5.44. The molecule has 5 heteroatoms. The van der Waals surface area contributed by atoms with Crippen LogP contribution in [0.1, 0.15) is 26.2 Å². The van der Waals surface area contributed by atoms with Crippen LogP contribution in [0.25, 0.3) is 0 Å². The Kier molecular flexibility index (Phi) is 5.79. The maximum atomic E-state index is 11.7. The monoisotopic (exact) mass is 271 g/mol.